The van der Waals surface area contributed by atoms with Crippen LogP contribution in [-0.2, 0) is 6.61 Å². The third kappa shape index (κ3) is 2.08. The third-order valence-electron chi connectivity index (χ3n) is 3.59. The number of hydrogen-bond donors (Lipinski definition) is 1. The topological polar surface area (TPSA) is 50.9 Å². The lowest BCUT2D eigenvalue weighted by atomic mass is 10.1. The fourth-order valence-corrected chi connectivity index (χ4v) is 2.38. The molecular formula is C16H17N3O. The molecule has 0 aliphatic heterocycles. The monoisotopic (exact) mass is 267 g/mol. The van der Waals surface area contributed by atoms with Gasteiger partial charge in [-0.15, -0.1) is 0 Å². The molecule has 0 radical (unpaired) electrons. The van der Waals surface area contributed by atoms with Crippen molar-refractivity contribution in [3.63, 3.8) is 0 Å². The Bertz CT molecular complexity index is 790. The van der Waals surface area contributed by atoms with E-state index in [1.54, 1.807) is 6.33 Å². The van der Waals surface area contributed by atoms with Crippen LogP contribution in [0.4, 0.5) is 0 Å². The van der Waals surface area contributed by atoms with Crippen LogP contribution in [0.3, 0.4) is 0 Å². The number of benzene rings is 1. The average molecular weight is 267 g/mol. The number of aromatic nitrogens is 3. The van der Waals surface area contributed by atoms with Crippen LogP contribution >= 0.6 is 0 Å². The number of rotatable bonds is 2. The highest BCUT2D eigenvalue weighted by Crippen LogP contribution is 2.21. The lowest BCUT2D eigenvalue weighted by Crippen LogP contribution is -2.00. The van der Waals surface area contributed by atoms with E-state index in [-0.39, 0.29) is 6.61 Å². The van der Waals surface area contributed by atoms with Gasteiger partial charge in [-0.2, -0.15) is 0 Å². The first-order valence-corrected chi connectivity index (χ1v) is 6.61. The van der Waals surface area contributed by atoms with Crippen LogP contribution in [0.5, 0.6) is 0 Å². The standard InChI is InChI=1S/C16H17N3O/c1-10-4-14-15(5-11(10)2)19(9-17-14)16-7-13(8-20)6-12(3)18-16/h4-7,9,20H,8H2,1-3H3. The van der Waals surface area contributed by atoms with Crippen molar-refractivity contribution in [2.45, 2.75) is 27.4 Å². The Morgan fingerprint density at radius 2 is 1.80 bits per heavy atom. The third-order valence-corrected chi connectivity index (χ3v) is 3.59. The minimum atomic E-state index is 0.0150. The van der Waals surface area contributed by atoms with Crippen LogP contribution < -0.4 is 0 Å². The van der Waals surface area contributed by atoms with Crippen molar-refractivity contribution in [2.75, 3.05) is 0 Å². The maximum atomic E-state index is 9.33. The molecule has 0 spiro atoms. The van der Waals surface area contributed by atoms with E-state index in [1.165, 1.54) is 11.1 Å². The fourth-order valence-electron chi connectivity index (χ4n) is 2.38. The minimum absolute atomic E-state index is 0.0150. The summed E-state index contributed by atoms with van der Waals surface area (Å²) >= 11 is 0. The van der Waals surface area contributed by atoms with Gasteiger partial charge in [0.05, 0.1) is 17.6 Å². The van der Waals surface area contributed by atoms with Crippen molar-refractivity contribution in [2.24, 2.45) is 0 Å². The normalized spacial score (nSPS) is 11.2. The number of pyridine rings is 1. The highest BCUT2D eigenvalue weighted by atomic mass is 16.3. The predicted octanol–water partition coefficient (Wildman–Crippen LogP) is 2.84. The zero-order valence-electron chi connectivity index (χ0n) is 11.9. The maximum absolute atomic E-state index is 9.33. The molecule has 3 aromatic rings. The van der Waals surface area contributed by atoms with Gasteiger partial charge in [0, 0.05) is 5.69 Å². The van der Waals surface area contributed by atoms with Gasteiger partial charge in [0.2, 0.25) is 0 Å². The highest BCUT2D eigenvalue weighted by molar-refractivity contribution is 5.79. The van der Waals surface area contributed by atoms with Gasteiger partial charge in [-0.25, -0.2) is 9.97 Å². The van der Waals surface area contributed by atoms with E-state index < -0.39 is 0 Å². The molecule has 2 heterocycles. The van der Waals surface area contributed by atoms with Gasteiger partial charge in [-0.3, -0.25) is 4.57 Å². The van der Waals surface area contributed by atoms with E-state index in [2.05, 4.69) is 35.9 Å². The summed E-state index contributed by atoms with van der Waals surface area (Å²) < 4.78 is 1.97. The molecule has 4 nitrogen and oxygen atoms in total. The number of imidazole rings is 1. The van der Waals surface area contributed by atoms with Gasteiger partial charge in [0.15, 0.2) is 0 Å². The first-order valence-electron chi connectivity index (χ1n) is 6.61. The summed E-state index contributed by atoms with van der Waals surface area (Å²) in [5.74, 6) is 0.791. The van der Waals surface area contributed by atoms with Gasteiger partial charge in [0.25, 0.3) is 0 Å². The van der Waals surface area contributed by atoms with Gasteiger partial charge in [-0.05, 0) is 61.7 Å². The van der Waals surface area contributed by atoms with Crippen LogP contribution in [0.25, 0.3) is 16.9 Å². The molecule has 0 fully saturated rings. The second kappa shape index (κ2) is 4.72. The lowest BCUT2D eigenvalue weighted by Gasteiger charge is -2.08. The summed E-state index contributed by atoms with van der Waals surface area (Å²) in [5.41, 5.74) is 6.21. The van der Waals surface area contributed by atoms with Crippen LogP contribution in [0.1, 0.15) is 22.4 Å². The van der Waals surface area contributed by atoms with Crippen molar-refractivity contribution >= 4 is 11.0 Å². The van der Waals surface area contributed by atoms with E-state index >= 15 is 0 Å². The molecule has 0 saturated carbocycles. The average Bonchev–Trinajstić information content (AvgIpc) is 2.81. The van der Waals surface area contributed by atoms with Gasteiger partial charge < -0.3 is 5.11 Å². The molecule has 2 aromatic heterocycles. The van der Waals surface area contributed by atoms with E-state index in [1.807, 2.05) is 23.6 Å². The predicted molar refractivity (Wildman–Crippen MR) is 79.0 cm³/mol. The largest absolute Gasteiger partial charge is 0.392 e. The Balaban J connectivity index is 2.24. The second-order valence-corrected chi connectivity index (χ2v) is 5.17. The molecule has 102 valence electrons. The smallest absolute Gasteiger partial charge is 0.138 e. The summed E-state index contributed by atoms with van der Waals surface area (Å²) in [6, 6.07) is 7.99. The molecule has 3 rings (SSSR count). The van der Waals surface area contributed by atoms with Crippen LogP contribution in [-0.4, -0.2) is 19.6 Å². The van der Waals surface area contributed by atoms with Crippen molar-refractivity contribution in [3.05, 3.63) is 53.0 Å². The summed E-state index contributed by atoms with van der Waals surface area (Å²) in [5, 5.41) is 9.33. The molecule has 0 saturated heterocycles. The van der Waals surface area contributed by atoms with Crippen LogP contribution in [0.2, 0.25) is 0 Å². The Kier molecular flexibility index (Phi) is 3.03. The van der Waals surface area contributed by atoms with Crippen molar-refractivity contribution < 1.29 is 5.11 Å². The van der Waals surface area contributed by atoms with Gasteiger partial charge in [0.1, 0.15) is 12.1 Å². The number of aliphatic hydroxyl groups excluding tert-OH is 1. The maximum Gasteiger partial charge on any atom is 0.138 e. The Morgan fingerprint density at radius 1 is 1.05 bits per heavy atom. The molecule has 0 aliphatic rings. The van der Waals surface area contributed by atoms with Crippen LogP contribution in [0, 0.1) is 20.8 Å². The molecule has 20 heavy (non-hydrogen) atoms. The first kappa shape index (κ1) is 12.8. The van der Waals surface area contributed by atoms with Gasteiger partial charge in [-0.1, -0.05) is 0 Å². The highest BCUT2D eigenvalue weighted by Gasteiger charge is 2.09. The van der Waals surface area contributed by atoms with E-state index in [4.69, 9.17) is 0 Å². The first-order chi connectivity index (χ1) is 9.58. The minimum Gasteiger partial charge on any atom is -0.392 e. The van der Waals surface area contributed by atoms with Gasteiger partial charge >= 0.3 is 0 Å². The van der Waals surface area contributed by atoms with E-state index in [0.29, 0.717) is 0 Å². The molecule has 0 amide bonds. The Hall–Kier alpha value is -2.20. The summed E-state index contributed by atoms with van der Waals surface area (Å²) in [4.78, 5) is 8.98. The van der Waals surface area contributed by atoms with Crippen molar-refractivity contribution in [3.8, 4) is 5.82 Å². The number of aryl methyl sites for hydroxylation is 3. The summed E-state index contributed by atoms with van der Waals surface area (Å²) in [6.07, 6.45) is 1.78. The summed E-state index contributed by atoms with van der Waals surface area (Å²) in [7, 11) is 0. The summed E-state index contributed by atoms with van der Waals surface area (Å²) in [6.45, 7) is 6.12. The zero-order valence-corrected chi connectivity index (χ0v) is 11.9. The fraction of sp³-hybridized carbons (Fsp3) is 0.250. The Labute approximate surface area is 117 Å². The number of nitrogens with zero attached hydrogens (tertiary/aromatic N) is 3. The van der Waals surface area contributed by atoms with Crippen molar-refractivity contribution in [1.82, 2.24) is 14.5 Å². The molecule has 0 unspecified atom stereocenters. The SMILES string of the molecule is Cc1cc(CO)cc(-n2cnc3cc(C)c(C)cc32)n1. The molecular weight excluding hydrogens is 250 g/mol. The Morgan fingerprint density at radius 3 is 2.55 bits per heavy atom. The molecule has 0 bridgehead atoms. The number of aliphatic hydroxyl groups is 1. The van der Waals surface area contributed by atoms with Crippen molar-refractivity contribution in [1.29, 1.82) is 0 Å². The van der Waals surface area contributed by atoms with Crippen LogP contribution in [0.15, 0.2) is 30.6 Å². The molecule has 0 atom stereocenters. The lowest BCUT2D eigenvalue weighted by molar-refractivity contribution is 0.281. The molecule has 1 aromatic carbocycles. The zero-order chi connectivity index (χ0) is 14.3. The number of hydrogen-bond acceptors (Lipinski definition) is 3. The van der Waals surface area contributed by atoms with E-state index in [9.17, 15) is 5.11 Å². The molecule has 0 aliphatic carbocycles. The quantitative estimate of drug-likeness (QED) is 0.776. The number of fused-ring (bicyclic) bond motifs is 1. The van der Waals surface area contributed by atoms with E-state index in [0.717, 1.165) is 28.1 Å². The molecule has 1 N–H and O–H groups in total. The molecule has 4 heteroatoms. The second-order valence-electron chi connectivity index (χ2n) is 5.17.